The topological polar surface area (TPSA) is 87.3 Å². The highest BCUT2D eigenvalue weighted by atomic mass is 35.5. The third-order valence-corrected chi connectivity index (χ3v) is 8.02. The minimum Gasteiger partial charge on any atom is -0.326 e. The maximum absolute atomic E-state index is 14.7. The second-order valence-corrected chi connectivity index (χ2v) is 11.3. The summed E-state index contributed by atoms with van der Waals surface area (Å²) in [5, 5.41) is 6.50. The molecule has 1 aliphatic carbocycles. The molecule has 0 aliphatic heterocycles. The largest absolute Gasteiger partial charge is 0.326 e. The zero-order valence-corrected chi connectivity index (χ0v) is 23.5. The summed E-state index contributed by atoms with van der Waals surface area (Å²) in [6.45, 7) is 1.00. The van der Waals surface area contributed by atoms with Gasteiger partial charge in [-0.15, -0.1) is 23.2 Å². The Kier molecular flexibility index (Phi) is 8.50. The molecule has 210 valence electrons. The van der Waals surface area contributed by atoms with Crippen molar-refractivity contribution in [1.29, 1.82) is 0 Å². The third-order valence-electron chi connectivity index (χ3n) is 5.88. The number of hydrogen-bond donors (Lipinski definition) is 3. The van der Waals surface area contributed by atoms with Gasteiger partial charge in [-0.05, 0) is 35.9 Å². The molecule has 3 aromatic carbocycles. The van der Waals surface area contributed by atoms with Crippen LogP contribution in [-0.2, 0) is 9.59 Å². The lowest BCUT2D eigenvalue weighted by atomic mass is 10.1. The fraction of sp³-hybridized carbons (Fsp3) is 0.160. The van der Waals surface area contributed by atoms with Crippen LogP contribution in [0.1, 0.15) is 28.8 Å². The van der Waals surface area contributed by atoms with Crippen molar-refractivity contribution in [1.82, 2.24) is 0 Å². The summed E-state index contributed by atoms with van der Waals surface area (Å²) in [5.41, 5.74) is -2.37. The number of benzene rings is 3. The van der Waals surface area contributed by atoms with Gasteiger partial charge in [-0.25, -0.2) is 17.6 Å². The van der Waals surface area contributed by atoms with Crippen molar-refractivity contribution in [3.05, 3.63) is 85.9 Å². The van der Waals surface area contributed by atoms with Crippen molar-refractivity contribution < 1.29 is 31.9 Å². The number of amides is 3. The van der Waals surface area contributed by atoms with Crippen molar-refractivity contribution in [2.24, 2.45) is 5.92 Å². The summed E-state index contributed by atoms with van der Waals surface area (Å²) < 4.78 is 55.9. The molecule has 2 atom stereocenters. The zero-order valence-electron chi connectivity index (χ0n) is 19.7. The van der Waals surface area contributed by atoms with Crippen molar-refractivity contribution in [2.45, 2.75) is 17.2 Å². The van der Waals surface area contributed by atoms with Crippen LogP contribution in [0.5, 0.6) is 0 Å². The van der Waals surface area contributed by atoms with Gasteiger partial charge in [0, 0.05) is 24.6 Å². The first-order valence-corrected chi connectivity index (χ1v) is 12.9. The van der Waals surface area contributed by atoms with Crippen LogP contribution in [0.4, 0.5) is 34.6 Å². The van der Waals surface area contributed by atoms with Crippen LogP contribution in [0.3, 0.4) is 0 Å². The smallest absolute Gasteiger partial charge is 0.258 e. The van der Waals surface area contributed by atoms with Gasteiger partial charge in [-0.3, -0.25) is 14.4 Å². The molecule has 0 spiro atoms. The Bertz CT molecular complexity index is 1560. The van der Waals surface area contributed by atoms with Crippen molar-refractivity contribution in [2.75, 3.05) is 16.0 Å². The summed E-state index contributed by atoms with van der Waals surface area (Å²) in [6, 6.07) is 5.82. The normalized spacial score (nSPS) is 17.2. The van der Waals surface area contributed by atoms with Crippen LogP contribution in [0, 0.1) is 29.2 Å². The average Bonchev–Trinajstić information content (AvgIpc) is 3.45. The second-order valence-electron chi connectivity index (χ2n) is 8.66. The lowest BCUT2D eigenvalue weighted by molar-refractivity contribution is -0.117. The van der Waals surface area contributed by atoms with Gasteiger partial charge < -0.3 is 16.0 Å². The van der Waals surface area contributed by atoms with E-state index in [1.807, 2.05) is 10.6 Å². The molecule has 0 aromatic heterocycles. The predicted octanol–water partition coefficient (Wildman–Crippen LogP) is 7.94. The van der Waals surface area contributed by atoms with E-state index < -0.39 is 74.1 Å². The van der Waals surface area contributed by atoms with Gasteiger partial charge in [0.2, 0.25) is 11.8 Å². The van der Waals surface area contributed by atoms with Gasteiger partial charge in [0.15, 0.2) is 17.5 Å². The van der Waals surface area contributed by atoms with Crippen molar-refractivity contribution in [3.8, 4) is 0 Å². The van der Waals surface area contributed by atoms with Crippen LogP contribution in [0.2, 0.25) is 15.1 Å². The molecule has 1 unspecified atom stereocenters. The highest BCUT2D eigenvalue weighted by Gasteiger charge is 2.67. The van der Waals surface area contributed by atoms with Gasteiger partial charge in [-0.2, -0.15) is 0 Å². The summed E-state index contributed by atoms with van der Waals surface area (Å²) in [6.07, 6.45) is 0. The molecule has 40 heavy (non-hydrogen) atoms. The van der Waals surface area contributed by atoms with E-state index in [0.717, 1.165) is 25.1 Å². The summed E-state index contributed by atoms with van der Waals surface area (Å²) >= 11 is 30.7. The van der Waals surface area contributed by atoms with Gasteiger partial charge in [-0.1, -0.05) is 34.8 Å². The Morgan fingerprint density at radius 2 is 1.45 bits per heavy atom. The number of alkyl halides is 2. The molecule has 1 saturated carbocycles. The van der Waals surface area contributed by atoms with Crippen LogP contribution in [0.15, 0.2) is 36.4 Å². The second kappa shape index (κ2) is 11.3. The number of hydrogen-bond acceptors (Lipinski definition) is 3. The maximum atomic E-state index is 14.7. The standard InChI is InChI=1S/C25H14Cl5F4N3O3/c1-8(38)35-22-14(31)2-3-16(21(22)34)37-23(39)11-6-10(7-15(32)20(11)33)36-24(40)18-17(25(18,29)30)9-4-12(26)19(28)13(27)5-9/h2-7,17-18H,1H3,(H,35,38)(H,36,40)(H,37,39)/t17-,18?/m0/s1. The number of nitrogens with one attached hydrogen (secondary N) is 3. The Morgan fingerprint density at radius 3 is 2.05 bits per heavy atom. The molecular weight excluding hydrogens is 644 g/mol. The number of rotatable bonds is 6. The molecule has 3 amide bonds. The van der Waals surface area contributed by atoms with E-state index in [9.17, 15) is 31.9 Å². The van der Waals surface area contributed by atoms with E-state index in [-0.39, 0.29) is 20.8 Å². The third kappa shape index (κ3) is 5.82. The molecule has 1 aliphatic rings. The monoisotopic (exact) mass is 655 g/mol. The van der Waals surface area contributed by atoms with Gasteiger partial charge in [0.25, 0.3) is 5.91 Å². The van der Waals surface area contributed by atoms with Gasteiger partial charge in [0.1, 0.15) is 15.8 Å². The van der Waals surface area contributed by atoms with E-state index in [1.165, 1.54) is 12.1 Å². The highest BCUT2D eigenvalue weighted by molar-refractivity contribution is 6.54. The quantitative estimate of drug-likeness (QED) is 0.143. The molecule has 3 aromatic rings. The fourth-order valence-corrected chi connectivity index (χ4v) is 5.44. The average molecular weight is 658 g/mol. The van der Waals surface area contributed by atoms with E-state index in [4.69, 9.17) is 58.0 Å². The van der Waals surface area contributed by atoms with Gasteiger partial charge >= 0.3 is 0 Å². The molecular formula is C25H14Cl5F4N3O3. The van der Waals surface area contributed by atoms with E-state index in [0.29, 0.717) is 11.6 Å². The molecule has 0 saturated heterocycles. The minimum atomic E-state index is -1.62. The SMILES string of the molecule is CC(=O)Nc1c(F)ccc(NC(=O)c2cc(NC(=O)C3[C@H](c4cc(Cl)c(Cl)c(Cl)c4)C3(Cl)Cl)cc(F)c2F)c1F. The van der Waals surface area contributed by atoms with Crippen LogP contribution < -0.4 is 16.0 Å². The maximum Gasteiger partial charge on any atom is 0.258 e. The molecule has 15 heteroatoms. The predicted molar refractivity (Wildman–Crippen MR) is 146 cm³/mol. The lowest BCUT2D eigenvalue weighted by Crippen LogP contribution is -2.20. The molecule has 0 heterocycles. The number of anilines is 3. The molecule has 6 nitrogen and oxygen atoms in total. The molecule has 1 fully saturated rings. The highest BCUT2D eigenvalue weighted by Crippen LogP contribution is 2.65. The first kappa shape index (κ1) is 30.2. The molecule has 0 bridgehead atoms. The molecule has 3 N–H and O–H groups in total. The number of carbonyl (C=O) groups excluding carboxylic acids is 3. The van der Waals surface area contributed by atoms with Gasteiger partial charge in [0.05, 0.1) is 32.2 Å². The van der Waals surface area contributed by atoms with Crippen molar-refractivity contribution in [3.63, 3.8) is 0 Å². The number of halogens is 9. The van der Waals surface area contributed by atoms with Crippen LogP contribution >= 0.6 is 58.0 Å². The Morgan fingerprint density at radius 1 is 0.825 bits per heavy atom. The van der Waals surface area contributed by atoms with E-state index in [2.05, 4.69) is 5.32 Å². The van der Waals surface area contributed by atoms with Crippen LogP contribution in [0.25, 0.3) is 0 Å². The molecule has 0 radical (unpaired) electrons. The summed E-state index contributed by atoms with van der Waals surface area (Å²) in [4.78, 5) is 36.9. The summed E-state index contributed by atoms with van der Waals surface area (Å²) in [5.74, 6) is -10.5. The lowest BCUT2D eigenvalue weighted by Gasteiger charge is -2.13. The molecule has 4 rings (SSSR count). The Hall–Kier alpha value is -2.76. The number of carbonyl (C=O) groups is 3. The Labute approximate surface area is 248 Å². The van der Waals surface area contributed by atoms with Crippen molar-refractivity contribution >= 4 is 92.8 Å². The summed E-state index contributed by atoms with van der Waals surface area (Å²) in [7, 11) is 0. The van der Waals surface area contributed by atoms with E-state index in [1.54, 1.807) is 0 Å². The first-order valence-electron chi connectivity index (χ1n) is 11.0. The zero-order chi connectivity index (χ0) is 29.7. The Balaban J connectivity index is 1.57. The first-order chi connectivity index (χ1) is 18.6. The van der Waals surface area contributed by atoms with Crippen LogP contribution in [-0.4, -0.2) is 22.1 Å². The minimum absolute atomic E-state index is 0.0860. The fourth-order valence-electron chi connectivity index (χ4n) is 4.00. The van der Waals surface area contributed by atoms with E-state index >= 15 is 0 Å².